The first-order valence-corrected chi connectivity index (χ1v) is 5.01. The monoisotopic (exact) mass is 208 g/mol. The second kappa shape index (κ2) is 7.01. The third kappa shape index (κ3) is 5.18. The van der Waals surface area contributed by atoms with E-state index in [1.807, 2.05) is 18.2 Å². The molecule has 0 aromatic heterocycles. The third-order valence-electron chi connectivity index (χ3n) is 2.04. The molecule has 1 aromatic carbocycles. The smallest absolute Gasteiger partial charge is 0.331 e. The van der Waals surface area contributed by atoms with Crippen molar-refractivity contribution in [1.82, 2.24) is 0 Å². The van der Waals surface area contributed by atoms with Gasteiger partial charge in [0.2, 0.25) is 0 Å². The number of esters is 1. The summed E-state index contributed by atoms with van der Waals surface area (Å²) in [6.45, 7) is 0.634. The highest BCUT2D eigenvalue weighted by Crippen LogP contribution is 2.02. The number of benzene rings is 1. The molecule has 0 atom stereocenters. The van der Waals surface area contributed by atoms with E-state index in [-0.39, 0.29) is 12.6 Å². The molecule has 0 N–H and O–H groups in total. The number of ether oxygens (including phenoxy) is 2. The van der Waals surface area contributed by atoms with Crippen LogP contribution in [0.1, 0.15) is 12.0 Å². The molecule has 0 saturated heterocycles. The summed E-state index contributed by atoms with van der Waals surface area (Å²) in [4.78, 5) is 10.7. The largest absolute Gasteiger partial charge is 0.467 e. The lowest BCUT2D eigenvalue weighted by molar-refractivity contribution is -0.145. The molecule has 0 heterocycles. The zero-order valence-corrected chi connectivity index (χ0v) is 8.94. The molecule has 0 radical (unpaired) electrons. The van der Waals surface area contributed by atoms with Crippen molar-refractivity contribution >= 4 is 5.97 Å². The van der Waals surface area contributed by atoms with Gasteiger partial charge in [0, 0.05) is 6.61 Å². The van der Waals surface area contributed by atoms with Gasteiger partial charge in [0.25, 0.3) is 0 Å². The van der Waals surface area contributed by atoms with E-state index in [1.165, 1.54) is 12.7 Å². The van der Waals surface area contributed by atoms with Crippen molar-refractivity contribution in [2.75, 3.05) is 20.3 Å². The molecule has 0 aliphatic rings. The molecule has 3 nitrogen and oxygen atoms in total. The van der Waals surface area contributed by atoms with E-state index in [9.17, 15) is 4.79 Å². The number of rotatable bonds is 6. The van der Waals surface area contributed by atoms with Gasteiger partial charge in [-0.05, 0) is 18.4 Å². The number of carbonyl (C=O) groups excluding carboxylic acids is 1. The Morgan fingerprint density at radius 3 is 2.67 bits per heavy atom. The van der Waals surface area contributed by atoms with Crippen LogP contribution in [0, 0.1) is 0 Å². The van der Waals surface area contributed by atoms with Crippen molar-refractivity contribution in [3.8, 4) is 0 Å². The Kier molecular flexibility index (Phi) is 5.48. The first kappa shape index (κ1) is 11.7. The highest BCUT2D eigenvalue weighted by Gasteiger charge is 1.98. The van der Waals surface area contributed by atoms with Crippen LogP contribution in [0.4, 0.5) is 0 Å². The van der Waals surface area contributed by atoms with E-state index >= 15 is 0 Å². The molecule has 82 valence electrons. The molecule has 0 saturated carbocycles. The van der Waals surface area contributed by atoms with Crippen molar-refractivity contribution < 1.29 is 14.3 Å². The van der Waals surface area contributed by atoms with Gasteiger partial charge < -0.3 is 9.47 Å². The van der Waals surface area contributed by atoms with Gasteiger partial charge in [-0.3, -0.25) is 0 Å². The van der Waals surface area contributed by atoms with Crippen molar-refractivity contribution in [3.63, 3.8) is 0 Å². The fraction of sp³-hybridized carbons (Fsp3) is 0.417. The van der Waals surface area contributed by atoms with Gasteiger partial charge in [-0.1, -0.05) is 30.3 Å². The van der Waals surface area contributed by atoms with E-state index in [4.69, 9.17) is 4.74 Å². The summed E-state index contributed by atoms with van der Waals surface area (Å²) in [5.41, 5.74) is 1.29. The van der Waals surface area contributed by atoms with E-state index in [0.717, 1.165) is 12.8 Å². The Morgan fingerprint density at radius 2 is 2.00 bits per heavy atom. The van der Waals surface area contributed by atoms with Crippen LogP contribution >= 0.6 is 0 Å². The fourth-order valence-electron chi connectivity index (χ4n) is 1.24. The van der Waals surface area contributed by atoms with Crippen LogP contribution in [-0.2, 0) is 20.7 Å². The van der Waals surface area contributed by atoms with Crippen molar-refractivity contribution in [2.45, 2.75) is 12.8 Å². The molecular formula is C12H16O3. The van der Waals surface area contributed by atoms with E-state index in [1.54, 1.807) is 0 Å². The van der Waals surface area contributed by atoms with Gasteiger partial charge in [-0.15, -0.1) is 0 Å². The van der Waals surface area contributed by atoms with Crippen LogP contribution in [0.25, 0.3) is 0 Å². The second-order valence-electron chi connectivity index (χ2n) is 3.22. The minimum atomic E-state index is -0.324. The molecule has 0 unspecified atom stereocenters. The zero-order valence-electron chi connectivity index (χ0n) is 8.94. The van der Waals surface area contributed by atoms with Crippen molar-refractivity contribution in [2.24, 2.45) is 0 Å². The molecule has 0 amide bonds. The Bertz CT molecular complexity index is 282. The SMILES string of the molecule is COC(=O)COCCCc1ccccc1. The van der Waals surface area contributed by atoms with E-state index in [0.29, 0.717) is 6.61 Å². The predicted octanol–water partition coefficient (Wildman–Crippen LogP) is 1.81. The Balaban J connectivity index is 2.05. The lowest BCUT2D eigenvalue weighted by Crippen LogP contribution is -2.11. The minimum absolute atomic E-state index is 0.0469. The second-order valence-corrected chi connectivity index (χ2v) is 3.22. The first-order valence-electron chi connectivity index (χ1n) is 5.01. The molecule has 0 bridgehead atoms. The maximum Gasteiger partial charge on any atom is 0.331 e. The maximum atomic E-state index is 10.7. The summed E-state index contributed by atoms with van der Waals surface area (Å²) in [7, 11) is 1.36. The van der Waals surface area contributed by atoms with Crippen LogP contribution in [-0.4, -0.2) is 26.3 Å². The van der Waals surface area contributed by atoms with Crippen LogP contribution < -0.4 is 0 Å². The summed E-state index contributed by atoms with van der Waals surface area (Å²) in [5.74, 6) is -0.324. The van der Waals surface area contributed by atoms with Gasteiger partial charge in [-0.2, -0.15) is 0 Å². The van der Waals surface area contributed by atoms with Crippen molar-refractivity contribution in [1.29, 1.82) is 0 Å². The first-order chi connectivity index (χ1) is 7.33. The van der Waals surface area contributed by atoms with E-state index in [2.05, 4.69) is 16.9 Å². The molecule has 0 aliphatic carbocycles. The average molecular weight is 208 g/mol. The van der Waals surface area contributed by atoms with Crippen LogP contribution in [0.2, 0.25) is 0 Å². The number of hydrogen-bond donors (Lipinski definition) is 0. The normalized spacial score (nSPS) is 9.93. The van der Waals surface area contributed by atoms with Gasteiger partial charge in [0.15, 0.2) is 0 Å². The number of carbonyl (C=O) groups is 1. The topological polar surface area (TPSA) is 35.5 Å². The van der Waals surface area contributed by atoms with Gasteiger partial charge >= 0.3 is 5.97 Å². The third-order valence-corrected chi connectivity index (χ3v) is 2.04. The Labute approximate surface area is 90.0 Å². The summed E-state index contributed by atoms with van der Waals surface area (Å²) in [6, 6.07) is 10.2. The maximum absolute atomic E-state index is 10.7. The molecule has 1 aromatic rings. The zero-order chi connectivity index (χ0) is 10.9. The lowest BCUT2D eigenvalue weighted by Gasteiger charge is -2.03. The van der Waals surface area contributed by atoms with Gasteiger partial charge in [0.1, 0.15) is 6.61 Å². The molecule has 0 fully saturated rings. The predicted molar refractivity (Wildman–Crippen MR) is 57.6 cm³/mol. The Hall–Kier alpha value is -1.35. The number of aryl methyl sites for hydroxylation is 1. The van der Waals surface area contributed by atoms with Crippen LogP contribution in [0.5, 0.6) is 0 Å². The van der Waals surface area contributed by atoms with Crippen LogP contribution in [0.3, 0.4) is 0 Å². The summed E-state index contributed by atoms with van der Waals surface area (Å²) in [6.07, 6.45) is 1.89. The summed E-state index contributed by atoms with van der Waals surface area (Å²) >= 11 is 0. The van der Waals surface area contributed by atoms with E-state index < -0.39 is 0 Å². The minimum Gasteiger partial charge on any atom is -0.467 e. The quantitative estimate of drug-likeness (QED) is 0.528. The van der Waals surface area contributed by atoms with Crippen LogP contribution in [0.15, 0.2) is 30.3 Å². The number of hydrogen-bond acceptors (Lipinski definition) is 3. The molecular weight excluding hydrogens is 192 g/mol. The fourth-order valence-corrected chi connectivity index (χ4v) is 1.24. The highest BCUT2D eigenvalue weighted by atomic mass is 16.6. The average Bonchev–Trinajstić information content (AvgIpc) is 2.29. The highest BCUT2D eigenvalue weighted by molar-refractivity contribution is 5.70. The molecule has 0 aliphatic heterocycles. The molecule has 0 spiro atoms. The number of methoxy groups -OCH3 is 1. The van der Waals surface area contributed by atoms with Gasteiger partial charge in [0.05, 0.1) is 7.11 Å². The lowest BCUT2D eigenvalue weighted by atomic mass is 10.1. The summed E-state index contributed by atoms with van der Waals surface area (Å²) < 4.78 is 9.58. The summed E-state index contributed by atoms with van der Waals surface area (Å²) in [5, 5.41) is 0. The molecule has 3 heteroatoms. The molecule has 15 heavy (non-hydrogen) atoms. The van der Waals surface area contributed by atoms with Crippen molar-refractivity contribution in [3.05, 3.63) is 35.9 Å². The van der Waals surface area contributed by atoms with Gasteiger partial charge in [-0.25, -0.2) is 4.79 Å². The standard InChI is InChI=1S/C12H16O3/c1-14-12(13)10-15-9-5-8-11-6-3-2-4-7-11/h2-4,6-7H,5,8-10H2,1H3. The Morgan fingerprint density at radius 1 is 1.27 bits per heavy atom. The molecule has 1 rings (SSSR count).